The Kier molecular flexibility index (Phi) is 2.50. The van der Waals surface area contributed by atoms with Crippen molar-refractivity contribution in [2.45, 2.75) is 5.88 Å². The summed E-state index contributed by atoms with van der Waals surface area (Å²) in [5, 5.41) is 0. The Morgan fingerprint density at radius 2 is 2.14 bits per heavy atom. The van der Waals surface area contributed by atoms with Crippen molar-refractivity contribution in [1.82, 2.24) is 9.55 Å². The van der Waals surface area contributed by atoms with E-state index in [-0.39, 0.29) is 5.82 Å². The lowest BCUT2D eigenvalue weighted by Gasteiger charge is -2.01. The van der Waals surface area contributed by atoms with E-state index in [1.807, 2.05) is 0 Å². The van der Waals surface area contributed by atoms with E-state index in [2.05, 4.69) is 4.98 Å². The standard InChI is InChI=1S/C10H8ClFN2/c11-5-8-6-14(7-13-8)10-4-2-1-3-9(10)12/h1-4,6-7H,5H2. The summed E-state index contributed by atoms with van der Waals surface area (Å²) in [7, 11) is 0. The zero-order chi connectivity index (χ0) is 9.97. The summed E-state index contributed by atoms with van der Waals surface area (Å²) < 4.78 is 14.9. The van der Waals surface area contributed by atoms with Crippen LogP contribution >= 0.6 is 11.6 Å². The van der Waals surface area contributed by atoms with E-state index in [1.165, 1.54) is 6.07 Å². The van der Waals surface area contributed by atoms with E-state index in [4.69, 9.17) is 11.6 Å². The molecule has 1 aromatic heterocycles. The molecule has 0 aliphatic heterocycles. The molecule has 0 radical (unpaired) electrons. The second-order valence-electron chi connectivity index (χ2n) is 2.86. The van der Waals surface area contributed by atoms with E-state index >= 15 is 0 Å². The second-order valence-corrected chi connectivity index (χ2v) is 3.12. The number of nitrogens with zero attached hydrogens (tertiary/aromatic N) is 2. The van der Waals surface area contributed by atoms with Gasteiger partial charge in [-0.25, -0.2) is 9.37 Å². The lowest BCUT2D eigenvalue weighted by molar-refractivity contribution is 0.618. The minimum Gasteiger partial charge on any atom is -0.303 e. The Labute approximate surface area is 86.0 Å². The van der Waals surface area contributed by atoms with Crippen LogP contribution in [0.5, 0.6) is 0 Å². The molecule has 2 aromatic rings. The molecule has 1 aromatic carbocycles. The van der Waals surface area contributed by atoms with Gasteiger partial charge in [0.15, 0.2) is 0 Å². The first-order valence-electron chi connectivity index (χ1n) is 4.15. The van der Waals surface area contributed by atoms with Crippen LogP contribution in [0.1, 0.15) is 5.69 Å². The highest BCUT2D eigenvalue weighted by Gasteiger charge is 2.03. The van der Waals surface area contributed by atoms with Gasteiger partial charge in [0.25, 0.3) is 0 Å². The third-order valence-electron chi connectivity index (χ3n) is 1.90. The summed E-state index contributed by atoms with van der Waals surface area (Å²) in [4.78, 5) is 4.02. The van der Waals surface area contributed by atoms with Crippen molar-refractivity contribution in [2.75, 3.05) is 0 Å². The van der Waals surface area contributed by atoms with Crippen LogP contribution in [0.3, 0.4) is 0 Å². The third kappa shape index (κ3) is 1.63. The van der Waals surface area contributed by atoms with E-state index < -0.39 is 0 Å². The number of halogens is 2. The molecule has 0 spiro atoms. The molecule has 0 aliphatic carbocycles. The van der Waals surface area contributed by atoms with Gasteiger partial charge < -0.3 is 4.57 Å². The number of hydrogen-bond acceptors (Lipinski definition) is 1. The molecule has 2 rings (SSSR count). The van der Waals surface area contributed by atoms with Crippen molar-refractivity contribution >= 4 is 11.6 Å². The Morgan fingerprint density at radius 1 is 1.36 bits per heavy atom. The zero-order valence-corrected chi connectivity index (χ0v) is 8.08. The molecule has 4 heteroatoms. The quantitative estimate of drug-likeness (QED) is 0.697. The highest BCUT2D eigenvalue weighted by Crippen LogP contribution is 2.13. The van der Waals surface area contributed by atoms with Gasteiger partial charge in [-0.2, -0.15) is 0 Å². The van der Waals surface area contributed by atoms with E-state index in [1.54, 1.807) is 35.3 Å². The number of hydrogen-bond donors (Lipinski definition) is 0. The van der Waals surface area contributed by atoms with Crippen LogP contribution < -0.4 is 0 Å². The molecule has 0 saturated heterocycles. The Morgan fingerprint density at radius 3 is 2.79 bits per heavy atom. The minimum absolute atomic E-state index is 0.272. The maximum absolute atomic E-state index is 13.3. The minimum atomic E-state index is -0.272. The fourth-order valence-electron chi connectivity index (χ4n) is 1.23. The molecule has 72 valence electrons. The summed E-state index contributed by atoms with van der Waals surface area (Å²) >= 11 is 5.60. The predicted octanol–water partition coefficient (Wildman–Crippen LogP) is 2.75. The number of imidazole rings is 1. The van der Waals surface area contributed by atoms with Crippen LogP contribution in [0.2, 0.25) is 0 Å². The molecule has 14 heavy (non-hydrogen) atoms. The number of aromatic nitrogens is 2. The molecular weight excluding hydrogens is 203 g/mol. The third-order valence-corrected chi connectivity index (χ3v) is 2.18. The summed E-state index contributed by atoms with van der Waals surface area (Å²) in [6.45, 7) is 0. The highest BCUT2D eigenvalue weighted by molar-refractivity contribution is 6.16. The van der Waals surface area contributed by atoms with Crippen LogP contribution in [0.4, 0.5) is 4.39 Å². The Bertz CT molecular complexity index is 439. The summed E-state index contributed by atoms with van der Waals surface area (Å²) in [6.07, 6.45) is 3.27. The van der Waals surface area contributed by atoms with Crippen molar-refractivity contribution in [3.8, 4) is 5.69 Å². The fraction of sp³-hybridized carbons (Fsp3) is 0.100. The molecule has 0 atom stereocenters. The van der Waals surface area contributed by atoms with Crippen LogP contribution in [0, 0.1) is 5.82 Å². The van der Waals surface area contributed by atoms with E-state index in [9.17, 15) is 4.39 Å². The van der Waals surface area contributed by atoms with Crippen molar-refractivity contribution in [2.24, 2.45) is 0 Å². The Balaban J connectivity index is 2.44. The zero-order valence-electron chi connectivity index (χ0n) is 7.32. The number of alkyl halides is 1. The maximum atomic E-state index is 13.3. The summed E-state index contributed by atoms with van der Waals surface area (Å²) in [5.74, 6) is 0.0626. The molecule has 0 saturated carbocycles. The van der Waals surface area contributed by atoms with Crippen molar-refractivity contribution in [3.05, 3.63) is 48.3 Å². The van der Waals surface area contributed by atoms with Crippen LogP contribution in [-0.2, 0) is 5.88 Å². The van der Waals surface area contributed by atoms with Crippen LogP contribution in [0.15, 0.2) is 36.8 Å². The average molecular weight is 211 g/mol. The molecule has 0 aliphatic rings. The first-order chi connectivity index (χ1) is 6.81. The predicted molar refractivity (Wildman–Crippen MR) is 53.1 cm³/mol. The molecule has 0 fully saturated rings. The molecule has 1 heterocycles. The number of benzene rings is 1. The van der Waals surface area contributed by atoms with Gasteiger partial charge >= 0.3 is 0 Å². The summed E-state index contributed by atoms with van der Waals surface area (Å²) in [6, 6.07) is 6.53. The number of rotatable bonds is 2. The Hall–Kier alpha value is -1.35. The first-order valence-corrected chi connectivity index (χ1v) is 4.68. The monoisotopic (exact) mass is 210 g/mol. The van der Waals surface area contributed by atoms with E-state index in [0.29, 0.717) is 11.6 Å². The molecule has 0 unspecified atom stereocenters. The molecule has 0 bridgehead atoms. The normalized spacial score (nSPS) is 10.4. The van der Waals surface area contributed by atoms with Gasteiger partial charge in [-0.15, -0.1) is 11.6 Å². The second kappa shape index (κ2) is 3.80. The average Bonchev–Trinajstić information content (AvgIpc) is 2.67. The lowest BCUT2D eigenvalue weighted by atomic mass is 10.3. The first kappa shape index (κ1) is 9.21. The smallest absolute Gasteiger partial charge is 0.147 e. The lowest BCUT2D eigenvalue weighted by Crippen LogP contribution is -1.93. The topological polar surface area (TPSA) is 17.8 Å². The van der Waals surface area contributed by atoms with Crippen molar-refractivity contribution in [3.63, 3.8) is 0 Å². The summed E-state index contributed by atoms with van der Waals surface area (Å²) in [5.41, 5.74) is 1.21. The van der Waals surface area contributed by atoms with Gasteiger partial charge in [-0.1, -0.05) is 12.1 Å². The molecule has 0 amide bonds. The van der Waals surface area contributed by atoms with Crippen LogP contribution in [0.25, 0.3) is 5.69 Å². The van der Waals surface area contributed by atoms with Gasteiger partial charge in [-0.05, 0) is 12.1 Å². The molecule has 2 nitrogen and oxygen atoms in total. The van der Waals surface area contributed by atoms with Gasteiger partial charge in [0.05, 0.1) is 23.6 Å². The number of para-hydroxylation sites is 1. The van der Waals surface area contributed by atoms with Gasteiger partial charge in [0.2, 0.25) is 0 Å². The highest BCUT2D eigenvalue weighted by atomic mass is 35.5. The van der Waals surface area contributed by atoms with Gasteiger partial charge in [0, 0.05) is 6.20 Å². The fourth-order valence-corrected chi connectivity index (χ4v) is 1.36. The largest absolute Gasteiger partial charge is 0.303 e. The molecule has 0 N–H and O–H groups in total. The maximum Gasteiger partial charge on any atom is 0.147 e. The van der Waals surface area contributed by atoms with Crippen molar-refractivity contribution in [1.29, 1.82) is 0 Å². The SMILES string of the molecule is Fc1ccccc1-n1cnc(CCl)c1. The molecular formula is C10H8ClFN2. The van der Waals surface area contributed by atoms with Gasteiger partial charge in [-0.3, -0.25) is 0 Å². The van der Waals surface area contributed by atoms with E-state index in [0.717, 1.165) is 5.69 Å². The van der Waals surface area contributed by atoms with Crippen LogP contribution in [-0.4, -0.2) is 9.55 Å². The van der Waals surface area contributed by atoms with Crippen molar-refractivity contribution < 1.29 is 4.39 Å². The van der Waals surface area contributed by atoms with Gasteiger partial charge in [0.1, 0.15) is 5.82 Å².